The molecule has 0 unspecified atom stereocenters. The average molecular weight is 340 g/mol. The van der Waals surface area contributed by atoms with Gasteiger partial charge in [-0.25, -0.2) is 4.98 Å². The summed E-state index contributed by atoms with van der Waals surface area (Å²) in [5.41, 5.74) is 2.33. The van der Waals surface area contributed by atoms with Crippen LogP contribution in [0, 0.1) is 17.0 Å². The third kappa shape index (κ3) is 3.93. The number of hydrogen-bond donors (Lipinski definition) is 1. The lowest BCUT2D eigenvalue weighted by Crippen LogP contribution is -2.27. The van der Waals surface area contributed by atoms with Crippen LogP contribution in [0.2, 0.25) is 0 Å². The van der Waals surface area contributed by atoms with E-state index in [0.717, 1.165) is 31.5 Å². The molecule has 1 aromatic heterocycles. The first kappa shape index (κ1) is 16.9. The van der Waals surface area contributed by atoms with Crippen molar-refractivity contribution < 1.29 is 9.72 Å². The SMILES string of the molecule is Cc1cc([N+](=O)[O-])cnc1NCc1cccc(C(=O)N2CCCC2)c1. The fraction of sp³-hybridized carbons (Fsp3) is 0.333. The van der Waals surface area contributed by atoms with E-state index in [1.165, 1.54) is 12.3 Å². The van der Waals surface area contributed by atoms with Gasteiger partial charge in [0, 0.05) is 31.3 Å². The molecular formula is C18H20N4O3. The van der Waals surface area contributed by atoms with E-state index in [1.807, 2.05) is 29.2 Å². The second-order valence-electron chi connectivity index (χ2n) is 6.17. The van der Waals surface area contributed by atoms with E-state index in [9.17, 15) is 14.9 Å². The number of aryl methyl sites for hydroxylation is 1. The number of nitrogens with zero attached hydrogens (tertiary/aromatic N) is 3. The van der Waals surface area contributed by atoms with Gasteiger partial charge in [0.05, 0.1) is 4.92 Å². The number of likely N-dealkylation sites (tertiary alicyclic amines) is 1. The normalized spacial score (nSPS) is 13.7. The van der Waals surface area contributed by atoms with Gasteiger partial charge >= 0.3 is 0 Å². The molecule has 2 aromatic rings. The standard InChI is InChI=1S/C18H20N4O3/c1-13-9-16(22(24)25)12-20-17(13)19-11-14-5-4-6-15(10-14)18(23)21-7-2-3-8-21/h4-6,9-10,12H,2-3,7-8,11H2,1H3,(H,19,20). The topological polar surface area (TPSA) is 88.4 Å². The number of nitrogens with one attached hydrogen (secondary N) is 1. The summed E-state index contributed by atoms with van der Waals surface area (Å²) < 4.78 is 0. The zero-order chi connectivity index (χ0) is 17.8. The predicted molar refractivity (Wildman–Crippen MR) is 94.5 cm³/mol. The summed E-state index contributed by atoms with van der Waals surface area (Å²) in [6.45, 7) is 3.92. The molecule has 7 heteroatoms. The Balaban J connectivity index is 1.68. The van der Waals surface area contributed by atoms with Crippen molar-refractivity contribution in [2.75, 3.05) is 18.4 Å². The van der Waals surface area contributed by atoms with E-state index in [4.69, 9.17) is 0 Å². The molecule has 0 radical (unpaired) electrons. The maximum Gasteiger partial charge on any atom is 0.287 e. The number of aromatic nitrogens is 1. The van der Waals surface area contributed by atoms with Crippen LogP contribution >= 0.6 is 0 Å². The molecule has 1 saturated heterocycles. The van der Waals surface area contributed by atoms with Crippen molar-refractivity contribution in [3.8, 4) is 0 Å². The van der Waals surface area contributed by atoms with Crippen LogP contribution in [0.5, 0.6) is 0 Å². The van der Waals surface area contributed by atoms with Crippen LogP contribution < -0.4 is 5.32 Å². The summed E-state index contributed by atoms with van der Waals surface area (Å²) in [5, 5.41) is 13.9. The molecule has 1 amide bonds. The van der Waals surface area contributed by atoms with Crippen molar-refractivity contribution >= 4 is 17.4 Å². The lowest BCUT2D eigenvalue weighted by molar-refractivity contribution is -0.385. The Morgan fingerprint density at radius 2 is 2.08 bits per heavy atom. The molecule has 0 bridgehead atoms. The number of hydrogen-bond acceptors (Lipinski definition) is 5. The lowest BCUT2D eigenvalue weighted by Gasteiger charge is -2.16. The molecule has 130 valence electrons. The van der Waals surface area contributed by atoms with Crippen LogP contribution in [0.4, 0.5) is 11.5 Å². The van der Waals surface area contributed by atoms with Gasteiger partial charge in [-0.05, 0) is 43.0 Å². The largest absolute Gasteiger partial charge is 0.366 e. The van der Waals surface area contributed by atoms with Crippen LogP contribution in [-0.4, -0.2) is 33.8 Å². The van der Waals surface area contributed by atoms with E-state index in [1.54, 1.807) is 6.92 Å². The van der Waals surface area contributed by atoms with Gasteiger partial charge in [-0.2, -0.15) is 0 Å². The molecule has 0 atom stereocenters. The highest BCUT2D eigenvalue weighted by Gasteiger charge is 2.19. The van der Waals surface area contributed by atoms with Crippen molar-refractivity contribution in [1.29, 1.82) is 0 Å². The molecule has 0 saturated carbocycles. The summed E-state index contributed by atoms with van der Waals surface area (Å²) in [6, 6.07) is 9.02. The molecule has 25 heavy (non-hydrogen) atoms. The number of benzene rings is 1. The fourth-order valence-corrected chi connectivity index (χ4v) is 2.95. The molecule has 1 aromatic carbocycles. The summed E-state index contributed by atoms with van der Waals surface area (Å²) in [4.78, 5) is 28.8. The Bertz CT molecular complexity index is 801. The van der Waals surface area contributed by atoms with E-state index in [0.29, 0.717) is 23.5 Å². The molecule has 2 heterocycles. The summed E-state index contributed by atoms with van der Waals surface area (Å²) in [5.74, 6) is 0.672. The van der Waals surface area contributed by atoms with Gasteiger partial charge in [0.15, 0.2) is 0 Å². The molecule has 1 aliphatic rings. The van der Waals surface area contributed by atoms with Gasteiger partial charge in [0.1, 0.15) is 12.0 Å². The highest BCUT2D eigenvalue weighted by Crippen LogP contribution is 2.19. The van der Waals surface area contributed by atoms with Gasteiger partial charge in [0.25, 0.3) is 11.6 Å². The zero-order valence-corrected chi connectivity index (χ0v) is 14.1. The Hall–Kier alpha value is -2.96. The number of anilines is 1. The number of rotatable bonds is 5. The van der Waals surface area contributed by atoms with E-state index in [2.05, 4.69) is 10.3 Å². The number of carbonyl (C=O) groups is 1. The van der Waals surface area contributed by atoms with Crippen molar-refractivity contribution in [1.82, 2.24) is 9.88 Å². The van der Waals surface area contributed by atoms with Crippen LogP contribution in [0.3, 0.4) is 0 Å². The second-order valence-corrected chi connectivity index (χ2v) is 6.17. The Labute approximate surface area is 145 Å². The summed E-state index contributed by atoms with van der Waals surface area (Å²) in [6.07, 6.45) is 3.37. The smallest absolute Gasteiger partial charge is 0.287 e. The predicted octanol–water partition coefficient (Wildman–Crippen LogP) is 3.15. The number of pyridine rings is 1. The van der Waals surface area contributed by atoms with Crippen LogP contribution in [0.25, 0.3) is 0 Å². The molecule has 0 spiro atoms. The first-order valence-electron chi connectivity index (χ1n) is 8.28. The van der Waals surface area contributed by atoms with Crippen molar-refractivity contribution in [2.45, 2.75) is 26.3 Å². The van der Waals surface area contributed by atoms with Gasteiger partial charge in [0.2, 0.25) is 0 Å². The van der Waals surface area contributed by atoms with Crippen LogP contribution in [-0.2, 0) is 6.54 Å². The van der Waals surface area contributed by atoms with Gasteiger partial charge in [-0.1, -0.05) is 12.1 Å². The van der Waals surface area contributed by atoms with Gasteiger partial charge < -0.3 is 10.2 Å². The Morgan fingerprint density at radius 1 is 1.32 bits per heavy atom. The van der Waals surface area contributed by atoms with E-state index in [-0.39, 0.29) is 11.6 Å². The third-order valence-corrected chi connectivity index (χ3v) is 4.30. The van der Waals surface area contributed by atoms with Crippen LogP contribution in [0.15, 0.2) is 36.5 Å². The Kier molecular flexibility index (Phi) is 4.92. The zero-order valence-electron chi connectivity index (χ0n) is 14.1. The highest BCUT2D eigenvalue weighted by atomic mass is 16.6. The number of amides is 1. The number of carbonyl (C=O) groups excluding carboxylic acids is 1. The minimum absolute atomic E-state index is 0.0266. The van der Waals surface area contributed by atoms with Crippen molar-refractivity contribution in [3.05, 3.63) is 63.3 Å². The monoisotopic (exact) mass is 340 g/mol. The second kappa shape index (κ2) is 7.29. The van der Waals surface area contributed by atoms with E-state index >= 15 is 0 Å². The molecule has 1 aliphatic heterocycles. The fourth-order valence-electron chi connectivity index (χ4n) is 2.95. The average Bonchev–Trinajstić information content (AvgIpc) is 3.14. The first-order chi connectivity index (χ1) is 12.0. The summed E-state index contributed by atoms with van der Waals surface area (Å²) >= 11 is 0. The molecular weight excluding hydrogens is 320 g/mol. The molecule has 7 nitrogen and oxygen atoms in total. The number of nitro groups is 1. The minimum atomic E-state index is -0.461. The molecule has 1 N–H and O–H groups in total. The van der Waals surface area contributed by atoms with E-state index < -0.39 is 4.92 Å². The third-order valence-electron chi connectivity index (χ3n) is 4.30. The highest BCUT2D eigenvalue weighted by molar-refractivity contribution is 5.94. The quantitative estimate of drug-likeness (QED) is 0.667. The van der Waals surface area contributed by atoms with Crippen molar-refractivity contribution in [2.24, 2.45) is 0 Å². The van der Waals surface area contributed by atoms with Crippen LogP contribution in [0.1, 0.15) is 34.3 Å². The maximum atomic E-state index is 12.5. The van der Waals surface area contributed by atoms with Gasteiger partial charge in [-0.15, -0.1) is 0 Å². The molecule has 3 rings (SSSR count). The van der Waals surface area contributed by atoms with Gasteiger partial charge in [-0.3, -0.25) is 14.9 Å². The summed E-state index contributed by atoms with van der Waals surface area (Å²) in [7, 11) is 0. The first-order valence-corrected chi connectivity index (χ1v) is 8.28. The molecule has 1 fully saturated rings. The maximum absolute atomic E-state index is 12.5. The Morgan fingerprint density at radius 3 is 2.76 bits per heavy atom. The lowest BCUT2D eigenvalue weighted by atomic mass is 10.1. The minimum Gasteiger partial charge on any atom is -0.366 e. The molecule has 0 aliphatic carbocycles. The van der Waals surface area contributed by atoms with Crippen molar-refractivity contribution in [3.63, 3.8) is 0 Å².